The molecule has 5 heteroatoms. The Morgan fingerprint density at radius 2 is 0.840 bits per heavy atom. The number of benzene rings is 7. The van der Waals surface area contributed by atoms with Gasteiger partial charge in [0.05, 0.1) is 11.0 Å². The Hall–Kier alpha value is -6.43. The topological polar surface area (TPSA) is 43.6 Å². The Morgan fingerprint density at radius 3 is 1.42 bits per heavy atom. The van der Waals surface area contributed by atoms with E-state index in [4.69, 9.17) is 15.0 Å². The normalized spacial score (nSPS) is 11.6. The van der Waals surface area contributed by atoms with Crippen LogP contribution in [-0.4, -0.2) is 19.5 Å². The summed E-state index contributed by atoms with van der Waals surface area (Å²) in [7, 11) is 0. The summed E-state index contributed by atoms with van der Waals surface area (Å²) in [6.07, 6.45) is 0. The SMILES string of the molecule is c1ccc(-c2ccc3sc4ccc5c(c6cc(-c7ccccc7)ccc6n5-c5nc(-c6ccccc6)nc(-c6ccccc6)n5)c4c3c2)cc1. The molecule has 0 spiro atoms. The van der Waals surface area contributed by atoms with Crippen LogP contribution >= 0.6 is 11.3 Å². The maximum Gasteiger partial charge on any atom is 0.238 e. The lowest BCUT2D eigenvalue weighted by Gasteiger charge is -2.11. The molecule has 0 radical (unpaired) electrons. The van der Waals surface area contributed by atoms with Crippen LogP contribution in [0.25, 0.3) is 93.0 Å². The number of thiophene rings is 1. The molecule has 0 aliphatic rings. The molecule has 7 aromatic carbocycles. The maximum absolute atomic E-state index is 5.18. The van der Waals surface area contributed by atoms with Gasteiger partial charge >= 0.3 is 0 Å². The lowest BCUT2D eigenvalue weighted by molar-refractivity contribution is 0.953. The van der Waals surface area contributed by atoms with Crippen LogP contribution in [0.5, 0.6) is 0 Å². The van der Waals surface area contributed by atoms with Gasteiger partial charge in [-0.3, -0.25) is 4.57 Å². The molecule has 0 aliphatic carbocycles. The van der Waals surface area contributed by atoms with Gasteiger partial charge in [0.1, 0.15) is 0 Å². The van der Waals surface area contributed by atoms with Crippen LogP contribution in [0.15, 0.2) is 170 Å². The molecule has 50 heavy (non-hydrogen) atoms. The highest BCUT2D eigenvalue weighted by Crippen LogP contribution is 2.45. The summed E-state index contributed by atoms with van der Waals surface area (Å²) in [5.41, 5.74) is 8.77. The zero-order chi connectivity index (χ0) is 33.0. The van der Waals surface area contributed by atoms with Gasteiger partial charge < -0.3 is 0 Å². The second-order valence-corrected chi connectivity index (χ2v) is 13.5. The minimum Gasteiger partial charge on any atom is -0.278 e. The zero-order valence-corrected chi connectivity index (χ0v) is 27.7. The molecule has 0 atom stereocenters. The Bertz CT molecular complexity index is 2780. The van der Waals surface area contributed by atoms with Crippen LogP contribution in [0.3, 0.4) is 0 Å². The second-order valence-electron chi connectivity index (χ2n) is 12.5. The van der Waals surface area contributed by atoms with Crippen LogP contribution in [0.1, 0.15) is 0 Å². The lowest BCUT2D eigenvalue weighted by Crippen LogP contribution is -2.06. The molecule has 234 valence electrons. The van der Waals surface area contributed by atoms with E-state index in [-0.39, 0.29) is 0 Å². The van der Waals surface area contributed by atoms with Gasteiger partial charge in [-0.25, -0.2) is 4.98 Å². The molecule has 0 fully saturated rings. The highest BCUT2D eigenvalue weighted by molar-refractivity contribution is 7.26. The number of aromatic nitrogens is 4. The highest BCUT2D eigenvalue weighted by atomic mass is 32.1. The Balaban J connectivity index is 1.32. The van der Waals surface area contributed by atoms with Crippen molar-refractivity contribution in [3.8, 4) is 51.0 Å². The summed E-state index contributed by atoms with van der Waals surface area (Å²) in [6, 6.07) is 59.7. The Kier molecular flexibility index (Phi) is 6.64. The Labute approximate surface area is 292 Å². The molecular formula is C45H28N4S. The first-order valence-electron chi connectivity index (χ1n) is 16.7. The molecule has 0 bridgehead atoms. The third-order valence-electron chi connectivity index (χ3n) is 9.46. The van der Waals surface area contributed by atoms with Gasteiger partial charge in [0, 0.05) is 42.1 Å². The first-order chi connectivity index (χ1) is 24.8. The predicted octanol–water partition coefficient (Wildman–Crippen LogP) is 12.0. The van der Waals surface area contributed by atoms with E-state index in [1.807, 2.05) is 47.7 Å². The maximum atomic E-state index is 5.18. The van der Waals surface area contributed by atoms with E-state index in [1.165, 1.54) is 53.2 Å². The van der Waals surface area contributed by atoms with Gasteiger partial charge in [0.25, 0.3) is 0 Å². The molecule has 0 aliphatic heterocycles. The average Bonchev–Trinajstić information content (AvgIpc) is 3.74. The van der Waals surface area contributed by atoms with E-state index in [2.05, 4.69) is 138 Å². The summed E-state index contributed by atoms with van der Waals surface area (Å²) in [4.78, 5) is 15.3. The second kappa shape index (κ2) is 11.6. The fraction of sp³-hybridized carbons (Fsp3) is 0. The number of fused-ring (bicyclic) bond motifs is 7. The van der Waals surface area contributed by atoms with Crippen LogP contribution in [0, 0.1) is 0 Å². The summed E-state index contributed by atoms with van der Waals surface area (Å²) < 4.78 is 4.75. The van der Waals surface area contributed by atoms with E-state index in [0.29, 0.717) is 17.6 Å². The molecule has 3 heterocycles. The van der Waals surface area contributed by atoms with E-state index in [0.717, 1.165) is 22.2 Å². The molecule has 10 rings (SSSR count). The van der Waals surface area contributed by atoms with Crippen molar-refractivity contribution < 1.29 is 0 Å². The molecule has 0 amide bonds. The van der Waals surface area contributed by atoms with Crippen molar-refractivity contribution in [3.63, 3.8) is 0 Å². The van der Waals surface area contributed by atoms with Crippen molar-refractivity contribution in [3.05, 3.63) is 170 Å². The van der Waals surface area contributed by atoms with Crippen LogP contribution in [-0.2, 0) is 0 Å². The largest absolute Gasteiger partial charge is 0.278 e. The standard InChI is InChI=1S/C45H28N4S/c1-5-13-29(14-6-1)33-21-23-37-35(27-33)41-38(24-26-40-42(41)36-28-34(22-25-39(36)50-40)30-15-7-2-8-16-30)49(37)45-47-43(31-17-9-3-10-18-31)46-44(48-45)32-19-11-4-12-20-32/h1-28H. The number of hydrogen-bond acceptors (Lipinski definition) is 4. The van der Waals surface area contributed by atoms with Gasteiger partial charge in [-0.15, -0.1) is 11.3 Å². The minimum absolute atomic E-state index is 0.592. The lowest BCUT2D eigenvalue weighted by atomic mass is 9.99. The molecule has 0 saturated carbocycles. The first kappa shape index (κ1) is 28.6. The molecule has 3 aromatic heterocycles. The molecule has 0 N–H and O–H groups in total. The Morgan fingerprint density at radius 1 is 0.360 bits per heavy atom. The van der Waals surface area contributed by atoms with Crippen LogP contribution in [0.4, 0.5) is 0 Å². The highest BCUT2D eigenvalue weighted by Gasteiger charge is 2.22. The van der Waals surface area contributed by atoms with Crippen molar-refractivity contribution in [2.24, 2.45) is 0 Å². The monoisotopic (exact) mass is 656 g/mol. The zero-order valence-electron chi connectivity index (χ0n) is 26.9. The summed E-state index contributed by atoms with van der Waals surface area (Å²) >= 11 is 1.84. The van der Waals surface area contributed by atoms with Crippen molar-refractivity contribution in [2.45, 2.75) is 0 Å². The van der Waals surface area contributed by atoms with E-state index >= 15 is 0 Å². The number of rotatable bonds is 5. The average molecular weight is 657 g/mol. The van der Waals surface area contributed by atoms with E-state index < -0.39 is 0 Å². The third-order valence-corrected chi connectivity index (χ3v) is 10.6. The number of hydrogen-bond donors (Lipinski definition) is 0. The summed E-state index contributed by atoms with van der Waals surface area (Å²) in [6.45, 7) is 0. The third kappa shape index (κ3) is 4.71. The quantitative estimate of drug-likeness (QED) is 0.185. The molecule has 4 nitrogen and oxygen atoms in total. The van der Waals surface area contributed by atoms with Gasteiger partial charge in [-0.05, 0) is 58.7 Å². The first-order valence-corrected chi connectivity index (χ1v) is 17.5. The predicted molar refractivity (Wildman–Crippen MR) is 209 cm³/mol. The molecule has 10 aromatic rings. The van der Waals surface area contributed by atoms with Gasteiger partial charge in [0.15, 0.2) is 11.6 Å². The summed E-state index contributed by atoms with van der Waals surface area (Å²) in [5.74, 6) is 1.87. The van der Waals surface area contributed by atoms with Gasteiger partial charge in [0.2, 0.25) is 5.95 Å². The molecule has 0 saturated heterocycles. The molecular weight excluding hydrogens is 629 g/mol. The van der Waals surface area contributed by atoms with Gasteiger partial charge in [-0.2, -0.15) is 9.97 Å². The fourth-order valence-corrected chi connectivity index (χ4v) is 8.21. The van der Waals surface area contributed by atoms with Crippen LogP contribution in [0.2, 0.25) is 0 Å². The smallest absolute Gasteiger partial charge is 0.238 e. The molecule has 0 unspecified atom stereocenters. The van der Waals surface area contributed by atoms with E-state index in [9.17, 15) is 0 Å². The fourth-order valence-electron chi connectivity index (χ4n) is 7.11. The van der Waals surface area contributed by atoms with Crippen molar-refractivity contribution in [1.82, 2.24) is 19.5 Å². The van der Waals surface area contributed by atoms with Crippen molar-refractivity contribution >= 4 is 53.3 Å². The minimum atomic E-state index is 0.592. The number of nitrogens with zero attached hydrogens (tertiary/aromatic N) is 4. The van der Waals surface area contributed by atoms with E-state index in [1.54, 1.807) is 0 Å². The summed E-state index contributed by atoms with van der Waals surface area (Å²) in [5, 5.41) is 4.89. The van der Waals surface area contributed by atoms with Crippen LogP contribution < -0.4 is 0 Å². The van der Waals surface area contributed by atoms with Crippen molar-refractivity contribution in [2.75, 3.05) is 0 Å². The van der Waals surface area contributed by atoms with Gasteiger partial charge in [-0.1, -0.05) is 133 Å². The van der Waals surface area contributed by atoms with Crippen molar-refractivity contribution in [1.29, 1.82) is 0 Å².